The van der Waals surface area contributed by atoms with E-state index in [1.54, 1.807) is 4.90 Å². The molecule has 116 valence electrons. The van der Waals surface area contributed by atoms with E-state index in [-0.39, 0.29) is 31.8 Å². The minimum absolute atomic E-state index is 0.0978. The van der Waals surface area contributed by atoms with Gasteiger partial charge in [0, 0.05) is 25.9 Å². The highest BCUT2D eigenvalue weighted by molar-refractivity contribution is 5.83. The molecule has 1 aromatic carbocycles. The molecule has 1 atom stereocenters. The summed E-state index contributed by atoms with van der Waals surface area (Å²) in [6.07, 6.45) is -0.487. The van der Waals surface area contributed by atoms with E-state index in [4.69, 9.17) is 0 Å². The number of halogens is 2. The van der Waals surface area contributed by atoms with Crippen LogP contribution in [0, 0.1) is 6.92 Å². The molecule has 0 saturated carbocycles. The van der Waals surface area contributed by atoms with Gasteiger partial charge in [-0.05, 0) is 26.6 Å². The molecule has 2 rings (SSSR count). The molecule has 0 unspecified atom stereocenters. The number of benzene rings is 1. The van der Waals surface area contributed by atoms with Crippen molar-refractivity contribution in [3.8, 4) is 0 Å². The molecule has 0 spiro atoms. The topological polar surface area (TPSA) is 23.6 Å². The predicted molar refractivity (Wildman–Crippen MR) is 78.4 cm³/mol. The molecule has 1 aliphatic rings. The number of hydrogen-bond acceptors (Lipinski definition) is 2. The zero-order valence-electron chi connectivity index (χ0n) is 12.8. The number of hydrogen-bond donors (Lipinski definition) is 0. The van der Waals surface area contributed by atoms with Crippen LogP contribution < -0.4 is 0 Å². The maximum atomic E-state index is 13.2. The molecule has 0 radical (unpaired) electrons. The number of carbonyl (C=O) groups excluding carboxylic acids is 1. The summed E-state index contributed by atoms with van der Waals surface area (Å²) < 4.78 is 26.4. The molecule has 5 heteroatoms. The van der Waals surface area contributed by atoms with Gasteiger partial charge in [0.05, 0.1) is 0 Å². The second-order valence-corrected chi connectivity index (χ2v) is 5.96. The summed E-state index contributed by atoms with van der Waals surface area (Å²) in [6, 6.07) is 7.36. The Kier molecular flexibility index (Phi) is 4.61. The van der Waals surface area contributed by atoms with Gasteiger partial charge in [0.1, 0.15) is 6.04 Å². The van der Waals surface area contributed by atoms with E-state index in [1.165, 1.54) is 0 Å². The lowest BCUT2D eigenvalue weighted by Crippen LogP contribution is -2.47. The Bertz CT molecular complexity index is 490. The molecule has 1 fully saturated rings. The van der Waals surface area contributed by atoms with Crippen molar-refractivity contribution in [2.24, 2.45) is 0 Å². The fourth-order valence-electron chi connectivity index (χ4n) is 2.64. The van der Waals surface area contributed by atoms with Crippen LogP contribution in [0.15, 0.2) is 24.3 Å². The first-order valence-electron chi connectivity index (χ1n) is 7.20. The van der Waals surface area contributed by atoms with E-state index in [0.717, 1.165) is 11.1 Å². The van der Waals surface area contributed by atoms with Gasteiger partial charge in [-0.2, -0.15) is 0 Å². The first kappa shape index (κ1) is 15.9. The van der Waals surface area contributed by atoms with E-state index in [9.17, 15) is 13.6 Å². The summed E-state index contributed by atoms with van der Waals surface area (Å²) in [7, 11) is 3.67. The number of rotatable bonds is 3. The zero-order valence-corrected chi connectivity index (χ0v) is 12.8. The van der Waals surface area contributed by atoms with Crippen molar-refractivity contribution < 1.29 is 13.6 Å². The highest BCUT2D eigenvalue weighted by atomic mass is 19.3. The summed E-state index contributed by atoms with van der Waals surface area (Å²) in [6.45, 7) is 2.24. The van der Waals surface area contributed by atoms with E-state index in [2.05, 4.69) is 0 Å². The second-order valence-electron chi connectivity index (χ2n) is 5.96. The quantitative estimate of drug-likeness (QED) is 0.856. The van der Waals surface area contributed by atoms with Crippen LogP contribution in [0.4, 0.5) is 8.78 Å². The Hall–Kier alpha value is -1.49. The van der Waals surface area contributed by atoms with Crippen LogP contribution >= 0.6 is 0 Å². The first-order valence-corrected chi connectivity index (χ1v) is 7.20. The Balaban J connectivity index is 2.15. The molecule has 3 nitrogen and oxygen atoms in total. The van der Waals surface area contributed by atoms with Crippen LogP contribution in [0.3, 0.4) is 0 Å². The summed E-state index contributed by atoms with van der Waals surface area (Å²) in [5.74, 6) is -2.73. The minimum atomic E-state index is -2.63. The number of piperidine rings is 1. The van der Waals surface area contributed by atoms with Crippen molar-refractivity contribution in [3.05, 3.63) is 35.4 Å². The van der Waals surface area contributed by atoms with Gasteiger partial charge < -0.3 is 4.90 Å². The standard InChI is InChI=1S/C16H22F2N2O/c1-12-4-6-13(7-5-12)14(19(2)3)15(21)20-10-8-16(17,18)9-11-20/h4-7,14H,8-11H2,1-3H3/t14-/m1/s1. The molecular weight excluding hydrogens is 274 g/mol. The largest absolute Gasteiger partial charge is 0.341 e. The van der Waals surface area contributed by atoms with Crippen molar-refractivity contribution in [2.75, 3.05) is 27.2 Å². The zero-order chi connectivity index (χ0) is 15.6. The number of likely N-dealkylation sites (tertiary alicyclic amines) is 1. The van der Waals surface area contributed by atoms with Crippen LogP contribution in [-0.4, -0.2) is 48.8 Å². The third kappa shape index (κ3) is 3.79. The number of likely N-dealkylation sites (N-methyl/N-ethyl adjacent to an activating group) is 1. The third-order valence-corrected chi connectivity index (χ3v) is 3.95. The lowest BCUT2D eigenvalue weighted by molar-refractivity contribution is -0.142. The van der Waals surface area contributed by atoms with Crippen LogP contribution in [0.1, 0.15) is 30.0 Å². The van der Waals surface area contributed by atoms with Gasteiger partial charge in [-0.1, -0.05) is 29.8 Å². The first-order chi connectivity index (χ1) is 9.80. The van der Waals surface area contributed by atoms with Gasteiger partial charge in [-0.25, -0.2) is 8.78 Å². The number of carbonyl (C=O) groups is 1. The Morgan fingerprint density at radius 1 is 1.19 bits per heavy atom. The molecule has 1 saturated heterocycles. The molecule has 0 aromatic heterocycles. The molecule has 0 aliphatic carbocycles. The van der Waals surface area contributed by atoms with Crippen molar-refractivity contribution in [2.45, 2.75) is 31.7 Å². The van der Waals surface area contributed by atoms with Crippen LogP contribution in [0.2, 0.25) is 0 Å². The molecule has 1 aliphatic heterocycles. The highest BCUT2D eigenvalue weighted by Gasteiger charge is 2.38. The Morgan fingerprint density at radius 2 is 1.71 bits per heavy atom. The number of nitrogens with zero attached hydrogens (tertiary/aromatic N) is 2. The monoisotopic (exact) mass is 296 g/mol. The minimum Gasteiger partial charge on any atom is -0.341 e. The van der Waals surface area contributed by atoms with Crippen molar-refractivity contribution in [3.63, 3.8) is 0 Å². The fraction of sp³-hybridized carbons (Fsp3) is 0.562. The van der Waals surface area contributed by atoms with Gasteiger partial charge in [-0.15, -0.1) is 0 Å². The van der Waals surface area contributed by atoms with Crippen LogP contribution in [0.5, 0.6) is 0 Å². The van der Waals surface area contributed by atoms with E-state index in [1.807, 2.05) is 50.2 Å². The molecule has 0 N–H and O–H groups in total. The summed E-state index contributed by atoms with van der Waals surface area (Å²) >= 11 is 0. The summed E-state index contributed by atoms with van der Waals surface area (Å²) in [5.41, 5.74) is 2.02. The van der Waals surface area contributed by atoms with Gasteiger partial charge >= 0.3 is 0 Å². The van der Waals surface area contributed by atoms with Gasteiger partial charge in [0.15, 0.2) is 0 Å². The van der Waals surface area contributed by atoms with Crippen LogP contribution in [0.25, 0.3) is 0 Å². The lowest BCUT2D eigenvalue weighted by Gasteiger charge is -2.35. The molecule has 1 aromatic rings. The van der Waals surface area contributed by atoms with Crippen molar-refractivity contribution >= 4 is 5.91 Å². The lowest BCUT2D eigenvalue weighted by atomic mass is 10.0. The second kappa shape index (κ2) is 6.10. The third-order valence-electron chi connectivity index (χ3n) is 3.95. The van der Waals surface area contributed by atoms with Crippen LogP contribution in [-0.2, 0) is 4.79 Å². The van der Waals surface area contributed by atoms with Gasteiger partial charge in [0.25, 0.3) is 5.92 Å². The Morgan fingerprint density at radius 3 is 2.19 bits per heavy atom. The summed E-state index contributed by atoms with van der Waals surface area (Å²) in [5, 5.41) is 0. The van der Waals surface area contributed by atoms with E-state index >= 15 is 0 Å². The smallest absolute Gasteiger partial charge is 0.251 e. The highest BCUT2D eigenvalue weighted by Crippen LogP contribution is 2.30. The van der Waals surface area contributed by atoms with Gasteiger partial charge in [0.2, 0.25) is 5.91 Å². The average Bonchev–Trinajstić information content (AvgIpc) is 2.40. The molecule has 1 heterocycles. The molecule has 0 bridgehead atoms. The van der Waals surface area contributed by atoms with E-state index in [0.29, 0.717) is 0 Å². The average molecular weight is 296 g/mol. The summed E-state index contributed by atoms with van der Waals surface area (Å²) in [4.78, 5) is 16.1. The van der Waals surface area contributed by atoms with Crippen molar-refractivity contribution in [1.29, 1.82) is 0 Å². The predicted octanol–water partition coefficient (Wildman–Crippen LogP) is 2.86. The SMILES string of the molecule is Cc1ccc([C@H](C(=O)N2CCC(F)(F)CC2)N(C)C)cc1. The number of amides is 1. The normalized spacial score (nSPS) is 19.6. The maximum Gasteiger partial charge on any atom is 0.251 e. The maximum absolute atomic E-state index is 13.2. The van der Waals surface area contributed by atoms with Crippen molar-refractivity contribution in [1.82, 2.24) is 9.80 Å². The molecule has 1 amide bonds. The van der Waals surface area contributed by atoms with Gasteiger partial charge in [-0.3, -0.25) is 9.69 Å². The number of alkyl halides is 2. The molecular formula is C16H22F2N2O. The number of aryl methyl sites for hydroxylation is 1. The Labute approximate surface area is 124 Å². The fourth-order valence-corrected chi connectivity index (χ4v) is 2.64. The van der Waals surface area contributed by atoms with E-state index < -0.39 is 12.0 Å². The molecule has 21 heavy (non-hydrogen) atoms.